The number of aromatic nitrogens is 2. The maximum absolute atomic E-state index is 14.5. The molecule has 0 spiro atoms. The molecule has 0 radical (unpaired) electrons. The lowest BCUT2D eigenvalue weighted by Crippen LogP contribution is -2.21. The smallest absolute Gasteiger partial charge is 0.169 e. The molecule has 1 heterocycles. The van der Waals surface area contributed by atoms with Gasteiger partial charge in [-0.3, -0.25) is 4.79 Å². The van der Waals surface area contributed by atoms with E-state index in [1.54, 1.807) is 11.6 Å². The second-order valence-electron chi connectivity index (χ2n) is 6.23. The first-order chi connectivity index (χ1) is 11.4. The minimum absolute atomic E-state index is 0.123. The Morgan fingerprint density at radius 3 is 2.75 bits per heavy atom. The Morgan fingerprint density at radius 2 is 2.08 bits per heavy atom. The van der Waals surface area contributed by atoms with Crippen LogP contribution in [0.4, 0.5) is 4.39 Å². The predicted octanol–water partition coefficient (Wildman–Crippen LogP) is 4.21. The zero-order valence-electron chi connectivity index (χ0n) is 14.0. The number of rotatable bonds is 4. The molecule has 2 aromatic rings. The molecule has 6 heteroatoms. The third kappa shape index (κ3) is 3.05. The largest absolute Gasteiger partial charge is 0.481 e. The van der Waals surface area contributed by atoms with E-state index in [1.165, 1.54) is 24.6 Å². The zero-order valence-corrected chi connectivity index (χ0v) is 14.8. The Morgan fingerprint density at radius 1 is 1.38 bits per heavy atom. The van der Waals surface area contributed by atoms with Crippen molar-refractivity contribution in [1.29, 1.82) is 0 Å². The molecule has 1 atom stereocenters. The minimum atomic E-state index is -0.646. The van der Waals surface area contributed by atoms with E-state index in [9.17, 15) is 9.18 Å². The van der Waals surface area contributed by atoms with Crippen LogP contribution < -0.4 is 4.74 Å². The van der Waals surface area contributed by atoms with Crippen LogP contribution in [0.1, 0.15) is 43.6 Å². The van der Waals surface area contributed by atoms with Crippen molar-refractivity contribution in [3.05, 3.63) is 39.9 Å². The summed E-state index contributed by atoms with van der Waals surface area (Å²) in [5, 5.41) is 4.72. The van der Waals surface area contributed by atoms with E-state index >= 15 is 0 Å². The predicted molar refractivity (Wildman–Crippen MR) is 90.7 cm³/mol. The summed E-state index contributed by atoms with van der Waals surface area (Å²) in [6.45, 7) is 5.03. The minimum Gasteiger partial charge on any atom is -0.481 e. The van der Waals surface area contributed by atoms with Gasteiger partial charge in [0.2, 0.25) is 0 Å². The lowest BCUT2D eigenvalue weighted by molar-refractivity contribution is -0.122. The van der Waals surface area contributed by atoms with Crippen LogP contribution in [0.2, 0.25) is 5.02 Å². The molecule has 0 bridgehead atoms. The van der Waals surface area contributed by atoms with Gasteiger partial charge in [-0.1, -0.05) is 11.6 Å². The highest BCUT2D eigenvalue weighted by Crippen LogP contribution is 2.33. The number of hydrogen-bond donors (Lipinski definition) is 0. The summed E-state index contributed by atoms with van der Waals surface area (Å²) < 4.78 is 21.7. The van der Waals surface area contributed by atoms with Crippen molar-refractivity contribution in [2.45, 2.75) is 52.6 Å². The van der Waals surface area contributed by atoms with E-state index in [0.717, 1.165) is 37.1 Å². The van der Waals surface area contributed by atoms with Gasteiger partial charge in [0.1, 0.15) is 11.4 Å². The molecular weight excluding hydrogens is 331 g/mol. The zero-order chi connectivity index (χ0) is 17.4. The standard InChI is InChI=1S/C18H20ClFN2O2/c1-10-13-6-4-5-7-16(13)21-22(10)17-9-18(14(19)8-15(17)20)24-12(3)11(2)23/h8-9,12H,4-7H2,1-3H3. The summed E-state index contributed by atoms with van der Waals surface area (Å²) >= 11 is 6.07. The van der Waals surface area contributed by atoms with Crippen LogP contribution in [0, 0.1) is 12.7 Å². The Balaban J connectivity index is 2.05. The molecule has 128 valence electrons. The number of Topliss-reactive ketones (excluding diaryl/α,β-unsaturated/α-hetero) is 1. The van der Waals surface area contributed by atoms with Gasteiger partial charge in [-0.2, -0.15) is 5.10 Å². The highest BCUT2D eigenvalue weighted by atomic mass is 35.5. The van der Waals surface area contributed by atoms with Gasteiger partial charge in [-0.25, -0.2) is 9.07 Å². The molecule has 0 aliphatic heterocycles. The molecule has 0 saturated carbocycles. The van der Waals surface area contributed by atoms with Gasteiger partial charge in [0.25, 0.3) is 0 Å². The van der Waals surface area contributed by atoms with Crippen molar-refractivity contribution in [2.75, 3.05) is 0 Å². The van der Waals surface area contributed by atoms with Crippen molar-refractivity contribution in [3.63, 3.8) is 0 Å². The number of ketones is 1. The van der Waals surface area contributed by atoms with Crippen LogP contribution in [-0.2, 0) is 17.6 Å². The summed E-state index contributed by atoms with van der Waals surface area (Å²) in [5.41, 5.74) is 3.47. The Labute approximate surface area is 145 Å². The Bertz CT molecular complexity index is 801. The second kappa shape index (κ2) is 6.55. The molecule has 1 aliphatic carbocycles. The lowest BCUT2D eigenvalue weighted by atomic mass is 9.96. The highest BCUT2D eigenvalue weighted by Gasteiger charge is 2.22. The van der Waals surface area contributed by atoms with Crippen molar-refractivity contribution in [3.8, 4) is 11.4 Å². The van der Waals surface area contributed by atoms with Crippen LogP contribution in [-0.4, -0.2) is 21.7 Å². The molecule has 0 amide bonds. The average Bonchev–Trinajstić information content (AvgIpc) is 2.87. The van der Waals surface area contributed by atoms with Crippen LogP contribution >= 0.6 is 11.6 Å². The summed E-state index contributed by atoms with van der Waals surface area (Å²) in [6.07, 6.45) is 3.49. The van der Waals surface area contributed by atoms with Crippen LogP contribution in [0.3, 0.4) is 0 Å². The molecule has 0 saturated heterocycles. The van der Waals surface area contributed by atoms with Gasteiger partial charge in [0, 0.05) is 11.8 Å². The SMILES string of the molecule is CC(=O)C(C)Oc1cc(-n2nc3c(c2C)CCCC3)c(F)cc1Cl. The molecule has 3 rings (SSSR count). The van der Waals surface area contributed by atoms with Gasteiger partial charge in [-0.05, 0) is 58.1 Å². The number of hydrogen-bond acceptors (Lipinski definition) is 3. The molecular formula is C18H20ClFN2O2. The first-order valence-corrected chi connectivity index (χ1v) is 8.50. The van der Waals surface area contributed by atoms with E-state index in [4.69, 9.17) is 16.3 Å². The van der Waals surface area contributed by atoms with Crippen LogP contribution in [0.25, 0.3) is 5.69 Å². The van der Waals surface area contributed by atoms with Crippen molar-refractivity contribution < 1.29 is 13.9 Å². The highest BCUT2D eigenvalue weighted by molar-refractivity contribution is 6.32. The number of carbonyl (C=O) groups excluding carboxylic acids is 1. The van der Waals surface area contributed by atoms with E-state index < -0.39 is 11.9 Å². The summed E-state index contributed by atoms with van der Waals surface area (Å²) in [6, 6.07) is 2.72. The number of nitrogens with zero attached hydrogens (tertiary/aromatic N) is 2. The van der Waals surface area contributed by atoms with Crippen molar-refractivity contribution >= 4 is 17.4 Å². The van der Waals surface area contributed by atoms with Gasteiger partial charge in [-0.15, -0.1) is 0 Å². The number of ether oxygens (including phenoxy) is 1. The maximum Gasteiger partial charge on any atom is 0.169 e. The molecule has 0 fully saturated rings. The third-order valence-corrected chi connectivity index (χ3v) is 4.81. The molecule has 1 aromatic heterocycles. The van der Waals surface area contributed by atoms with Crippen molar-refractivity contribution in [1.82, 2.24) is 9.78 Å². The molecule has 0 N–H and O–H groups in total. The lowest BCUT2D eigenvalue weighted by Gasteiger charge is -2.15. The maximum atomic E-state index is 14.5. The molecule has 1 aliphatic rings. The molecule has 4 nitrogen and oxygen atoms in total. The first-order valence-electron chi connectivity index (χ1n) is 8.12. The van der Waals surface area contributed by atoms with Crippen LogP contribution in [0.5, 0.6) is 5.75 Å². The van der Waals surface area contributed by atoms with Gasteiger partial charge in [0.05, 0.1) is 10.7 Å². The molecule has 1 aromatic carbocycles. The summed E-state index contributed by atoms with van der Waals surface area (Å²) in [5.74, 6) is -0.308. The number of fused-ring (bicyclic) bond motifs is 1. The van der Waals surface area contributed by atoms with Gasteiger partial charge >= 0.3 is 0 Å². The first kappa shape index (κ1) is 17.0. The fourth-order valence-electron chi connectivity index (χ4n) is 2.99. The fraction of sp³-hybridized carbons (Fsp3) is 0.444. The topological polar surface area (TPSA) is 44.1 Å². The average molecular weight is 351 g/mol. The normalized spacial score (nSPS) is 15.0. The monoisotopic (exact) mass is 350 g/mol. The summed E-state index contributed by atoms with van der Waals surface area (Å²) in [4.78, 5) is 11.4. The van der Waals surface area contributed by atoms with E-state index in [1.807, 2.05) is 6.92 Å². The van der Waals surface area contributed by atoms with Gasteiger partial charge < -0.3 is 4.74 Å². The third-order valence-electron chi connectivity index (χ3n) is 4.52. The van der Waals surface area contributed by atoms with E-state index in [0.29, 0.717) is 0 Å². The second-order valence-corrected chi connectivity index (χ2v) is 6.64. The Hall–Kier alpha value is -1.88. The molecule has 1 unspecified atom stereocenters. The van der Waals surface area contributed by atoms with E-state index in [2.05, 4.69) is 5.10 Å². The number of halogens is 2. The Kier molecular flexibility index (Phi) is 4.63. The van der Waals surface area contributed by atoms with Gasteiger partial charge in [0.15, 0.2) is 17.7 Å². The fourth-order valence-corrected chi connectivity index (χ4v) is 3.19. The van der Waals surface area contributed by atoms with Crippen LogP contribution in [0.15, 0.2) is 12.1 Å². The molecule has 24 heavy (non-hydrogen) atoms. The number of carbonyl (C=O) groups is 1. The van der Waals surface area contributed by atoms with E-state index in [-0.39, 0.29) is 22.2 Å². The number of benzene rings is 1. The summed E-state index contributed by atoms with van der Waals surface area (Å²) in [7, 11) is 0. The van der Waals surface area contributed by atoms with Crippen molar-refractivity contribution in [2.24, 2.45) is 0 Å². The number of aryl methyl sites for hydroxylation is 1. The quantitative estimate of drug-likeness (QED) is 0.829.